The first-order chi connectivity index (χ1) is 15.5. The van der Waals surface area contributed by atoms with Crippen molar-refractivity contribution in [1.29, 1.82) is 0 Å². The van der Waals surface area contributed by atoms with E-state index in [1.807, 2.05) is 43.3 Å². The summed E-state index contributed by atoms with van der Waals surface area (Å²) in [5.41, 5.74) is 3.61. The van der Waals surface area contributed by atoms with Crippen LogP contribution in [-0.2, 0) is 0 Å². The molecule has 0 atom stereocenters. The standard InChI is InChI=1S/C25H26N2O5/c1-16-6-10-19(15-26-16)25(28)27-20-12-17(9-11-21(20)29-2)7-8-18-13-22(30-3)24(32-5)23(14-18)31-4/h6-15H,1-5H3,(H,27,28). The number of benzene rings is 2. The minimum Gasteiger partial charge on any atom is -0.495 e. The lowest BCUT2D eigenvalue weighted by Crippen LogP contribution is -2.13. The molecule has 0 saturated heterocycles. The summed E-state index contributed by atoms with van der Waals surface area (Å²) in [6.07, 6.45) is 5.39. The van der Waals surface area contributed by atoms with Gasteiger partial charge in [-0.25, -0.2) is 0 Å². The average molecular weight is 434 g/mol. The van der Waals surface area contributed by atoms with Gasteiger partial charge < -0.3 is 24.3 Å². The molecule has 2 aromatic carbocycles. The van der Waals surface area contributed by atoms with Crippen molar-refractivity contribution in [2.24, 2.45) is 0 Å². The van der Waals surface area contributed by atoms with Crippen LogP contribution in [0.15, 0.2) is 48.7 Å². The molecule has 7 nitrogen and oxygen atoms in total. The van der Waals surface area contributed by atoms with Gasteiger partial charge in [0.1, 0.15) is 5.75 Å². The predicted molar refractivity (Wildman–Crippen MR) is 125 cm³/mol. The monoisotopic (exact) mass is 434 g/mol. The van der Waals surface area contributed by atoms with Gasteiger partial charge in [0.25, 0.3) is 5.91 Å². The summed E-state index contributed by atoms with van der Waals surface area (Å²) in [5, 5.41) is 2.89. The topological polar surface area (TPSA) is 78.9 Å². The van der Waals surface area contributed by atoms with E-state index in [0.717, 1.165) is 16.8 Å². The fourth-order valence-electron chi connectivity index (χ4n) is 3.11. The van der Waals surface area contributed by atoms with Crippen molar-refractivity contribution in [3.63, 3.8) is 0 Å². The van der Waals surface area contributed by atoms with Crippen LogP contribution in [0.4, 0.5) is 5.69 Å². The van der Waals surface area contributed by atoms with Crippen molar-refractivity contribution in [1.82, 2.24) is 4.98 Å². The number of hydrogen-bond acceptors (Lipinski definition) is 6. The summed E-state index contributed by atoms with van der Waals surface area (Å²) in [4.78, 5) is 16.8. The summed E-state index contributed by atoms with van der Waals surface area (Å²) in [6.45, 7) is 1.87. The molecule has 3 aromatic rings. The number of carbonyl (C=O) groups excluding carboxylic acids is 1. The molecule has 32 heavy (non-hydrogen) atoms. The van der Waals surface area contributed by atoms with E-state index in [4.69, 9.17) is 18.9 Å². The summed E-state index contributed by atoms with van der Waals surface area (Å²) in [6, 6.07) is 12.8. The van der Waals surface area contributed by atoms with Crippen LogP contribution in [0.2, 0.25) is 0 Å². The normalized spacial score (nSPS) is 10.7. The lowest BCUT2D eigenvalue weighted by atomic mass is 10.1. The first-order valence-corrected chi connectivity index (χ1v) is 9.89. The van der Waals surface area contributed by atoms with Crippen LogP contribution in [0.3, 0.4) is 0 Å². The zero-order chi connectivity index (χ0) is 23.1. The van der Waals surface area contributed by atoms with Crippen LogP contribution in [0, 0.1) is 6.92 Å². The number of ether oxygens (including phenoxy) is 4. The Balaban J connectivity index is 1.87. The second kappa shape index (κ2) is 10.3. The highest BCUT2D eigenvalue weighted by Gasteiger charge is 2.13. The van der Waals surface area contributed by atoms with Gasteiger partial charge >= 0.3 is 0 Å². The third-order valence-corrected chi connectivity index (χ3v) is 4.80. The maximum atomic E-state index is 12.6. The van der Waals surface area contributed by atoms with Gasteiger partial charge in [-0.2, -0.15) is 0 Å². The highest BCUT2D eigenvalue weighted by Crippen LogP contribution is 2.38. The summed E-state index contributed by atoms with van der Waals surface area (Å²) in [5.74, 6) is 1.97. The molecule has 0 aliphatic carbocycles. The smallest absolute Gasteiger partial charge is 0.257 e. The minimum absolute atomic E-state index is 0.262. The first-order valence-electron chi connectivity index (χ1n) is 9.89. The fourth-order valence-corrected chi connectivity index (χ4v) is 3.11. The molecular weight excluding hydrogens is 408 g/mol. The molecule has 7 heteroatoms. The van der Waals surface area contributed by atoms with Crippen LogP contribution in [0.5, 0.6) is 23.0 Å². The van der Waals surface area contributed by atoms with E-state index in [9.17, 15) is 4.79 Å². The number of pyridine rings is 1. The first kappa shape index (κ1) is 22.7. The third kappa shape index (κ3) is 5.18. The largest absolute Gasteiger partial charge is 0.495 e. The van der Waals surface area contributed by atoms with Crippen molar-refractivity contribution < 1.29 is 23.7 Å². The van der Waals surface area contributed by atoms with Crippen LogP contribution in [0.25, 0.3) is 12.2 Å². The minimum atomic E-state index is -0.262. The predicted octanol–water partition coefficient (Wildman–Crippen LogP) is 4.85. The molecule has 0 bridgehead atoms. The van der Waals surface area contributed by atoms with Crippen molar-refractivity contribution in [2.45, 2.75) is 6.92 Å². The van der Waals surface area contributed by atoms with Crippen LogP contribution in [-0.4, -0.2) is 39.3 Å². The van der Waals surface area contributed by atoms with Crippen LogP contribution < -0.4 is 24.3 Å². The van der Waals surface area contributed by atoms with Gasteiger partial charge in [0.2, 0.25) is 5.75 Å². The highest BCUT2D eigenvalue weighted by atomic mass is 16.5. The summed E-state index contributed by atoms with van der Waals surface area (Å²) < 4.78 is 21.6. The Hall–Kier alpha value is -4.00. The maximum Gasteiger partial charge on any atom is 0.257 e. The Bertz CT molecular complexity index is 1100. The fraction of sp³-hybridized carbons (Fsp3) is 0.200. The van der Waals surface area contributed by atoms with Crippen molar-refractivity contribution >= 4 is 23.7 Å². The number of carbonyl (C=O) groups is 1. The number of aryl methyl sites for hydroxylation is 1. The van der Waals surface area contributed by atoms with E-state index < -0.39 is 0 Å². The second-order valence-corrected chi connectivity index (χ2v) is 6.89. The molecule has 0 fully saturated rings. The SMILES string of the molecule is COc1ccc(C=Cc2cc(OC)c(OC)c(OC)c2)cc1NC(=O)c1ccc(C)nc1. The molecule has 3 rings (SSSR count). The zero-order valence-electron chi connectivity index (χ0n) is 18.8. The number of nitrogens with zero attached hydrogens (tertiary/aromatic N) is 1. The Morgan fingerprint density at radius 2 is 1.47 bits per heavy atom. The van der Waals surface area contributed by atoms with E-state index in [1.54, 1.807) is 52.8 Å². The number of rotatable bonds is 8. The van der Waals surface area contributed by atoms with E-state index in [0.29, 0.717) is 34.2 Å². The highest BCUT2D eigenvalue weighted by molar-refractivity contribution is 6.05. The molecule has 1 N–H and O–H groups in total. The number of hydrogen-bond donors (Lipinski definition) is 1. The molecule has 166 valence electrons. The molecule has 0 unspecified atom stereocenters. The molecule has 1 heterocycles. The second-order valence-electron chi connectivity index (χ2n) is 6.89. The number of aromatic nitrogens is 1. The Morgan fingerprint density at radius 3 is 2.03 bits per heavy atom. The van der Waals surface area contributed by atoms with Gasteiger partial charge in [-0.15, -0.1) is 0 Å². The Kier molecular flexibility index (Phi) is 7.33. The van der Waals surface area contributed by atoms with Gasteiger partial charge in [-0.1, -0.05) is 18.2 Å². The van der Waals surface area contributed by atoms with Crippen LogP contribution in [0.1, 0.15) is 27.2 Å². The van der Waals surface area contributed by atoms with Crippen LogP contribution >= 0.6 is 0 Å². The van der Waals surface area contributed by atoms with E-state index in [-0.39, 0.29) is 5.91 Å². The number of methoxy groups -OCH3 is 4. The lowest BCUT2D eigenvalue weighted by Gasteiger charge is -2.13. The van der Waals surface area contributed by atoms with Crippen molar-refractivity contribution in [2.75, 3.05) is 33.8 Å². The summed E-state index contributed by atoms with van der Waals surface area (Å²) >= 11 is 0. The Morgan fingerprint density at radius 1 is 0.812 bits per heavy atom. The molecule has 0 radical (unpaired) electrons. The van der Waals surface area contributed by atoms with Crippen molar-refractivity contribution in [3.8, 4) is 23.0 Å². The third-order valence-electron chi connectivity index (χ3n) is 4.80. The van der Waals surface area contributed by atoms with E-state index >= 15 is 0 Å². The van der Waals surface area contributed by atoms with E-state index in [1.165, 1.54) is 0 Å². The lowest BCUT2D eigenvalue weighted by molar-refractivity contribution is 0.102. The molecule has 1 aromatic heterocycles. The molecule has 0 aliphatic heterocycles. The molecule has 0 spiro atoms. The quantitative estimate of drug-likeness (QED) is 0.511. The van der Waals surface area contributed by atoms with Gasteiger partial charge in [-0.05, 0) is 54.4 Å². The Labute approximate surface area is 187 Å². The van der Waals surface area contributed by atoms with E-state index in [2.05, 4.69) is 10.3 Å². The van der Waals surface area contributed by atoms with Gasteiger partial charge in [0, 0.05) is 11.9 Å². The maximum absolute atomic E-state index is 12.6. The van der Waals surface area contributed by atoms with Gasteiger partial charge in [-0.3, -0.25) is 9.78 Å². The van der Waals surface area contributed by atoms with Gasteiger partial charge in [0.05, 0.1) is 39.7 Å². The number of amides is 1. The number of nitrogens with one attached hydrogen (secondary N) is 1. The average Bonchev–Trinajstić information content (AvgIpc) is 2.82. The van der Waals surface area contributed by atoms with Gasteiger partial charge in [0.15, 0.2) is 11.5 Å². The van der Waals surface area contributed by atoms with Crippen molar-refractivity contribution in [3.05, 3.63) is 71.0 Å². The molecule has 0 aliphatic rings. The zero-order valence-corrected chi connectivity index (χ0v) is 18.8. The summed E-state index contributed by atoms with van der Waals surface area (Å²) in [7, 11) is 6.28. The molecule has 1 amide bonds. The number of anilines is 1. The molecular formula is C25H26N2O5. The molecule has 0 saturated carbocycles.